The highest BCUT2D eigenvalue weighted by Gasteiger charge is 2.50. The molecule has 1 aliphatic carbocycles. The first kappa shape index (κ1) is 18.1. The predicted molar refractivity (Wildman–Crippen MR) is 94.6 cm³/mol. The molecule has 0 amide bonds. The van der Waals surface area contributed by atoms with E-state index in [1.54, 1.807) is 0 Å². The van der Waals surface area contributed by atoms with Crippen LogP contribution in [0.2, 0.25) is 0 Å². The van der Waals surface area contributed by atoms with Gasteiger partial charge in [-0.2, -0.15) is 0 Å². The maximum atomic E-state index is 13.9. The second-order valence-electron chi connectivity index (χ2n) is 8.85. The molecule has 3 saturated heterocycles. The number of fused-ring (bicyclic) bond motifs is 1. The van der Waals surface area contributed by atoms with Crippen LogP contribution in [0.5, 0.6) is 0 Å². The van der Waals surface area contributed by atoms with E-state index in [1.807, 2.05) is 0 Å². The molecule has 3 aliphatic heterocycles. The number of nitrogens with zero attached hydrogens (tertiary/aromatic N) is 1. The number of rotatable bonds is 3. The molecule has 5 nitrogen and oxygen atoms in total. The van der Waals surface area contributed by atoms with Gasteiger partial charge in [-0.15, -0.1) is 0 Å². The van der Waals surface area contributed by atoms with Crippen molar-refractivity contribution >= 4 is 0 Å². The molecule has 6 heteroatoms. The van der Waals surface area contributed by atoms with Crippen LogP contribution >= 0.6 is 0 Å². The van der Waals surface area contributed by atoms with Crippen LogP contribution in [0, 0.1) is 17.8 Å². The Bertz CT molecular complexity index is 466. The van der Waals surface area contributed by atoms with Crippen molar-refractivity contribution in [3.8, 4) is 0 Å². The number of hydrogen-bond donors (Lipinski definition) is 4. The number of piperidine rings is 1. The van der Waals surface area contributed by atoms with Crippen molar-refractivity contribution in [2.75, 3.05) is 13.1 Å². The Morgan fingerprint density at radius 1 is 1.08 bits per heavy atom. The fourth-order valence-electron chi connectivity index (χ4n) is 6.21. The van der Waals surface area contributed by atoms with Crippen LogP contribution in [0.4, 0.5) is 4.39 Å². The summed E-state index contributed by atoms with van der Waals surface area (Å²) >= 11 is 0. The SMILES string of the molecule is CC1CC(C2NCCCC2C2CCC3NCC(C(O)O)N32)CCC1F. The lowest BCUT2D eigenvalue weighted by molar-refractivity contribution is -0.101. The van der Waals surface area contributed by atoms with Gasteiger partial charge in [0, 0.05) is 18.6 Å². The Kier molecular flexibility index (Phi) is 5.35. The van der Waals surface area contributed by atoms with Crippen LogP contribution in [0.25, 0.3) is 0 Å². The lowest BCUT2D eigenvalue weighted by Gasteiger charge is -2.46. The van der Waals surface area contributed by atoms with Crippen LogP contribution in [0.1, 0.15) is 51.9 Å². The number of hydrogen-bond acceptors (Lipinski definition) is 5. The second-order valence-corrected chi connectivity index (χ2v) is 8.85. The molecule has 0 spiro atoms. The normalized spacial score (nSPS) is 48.8. The van der Waals surface area contributed by atoms with Gasteiger partial charge < -0.3 is 15.5 Å². The molecule has 4 fully saturated rings. The molecule has 0 aromatic rings. The highest BCUT2D eigenvalue weighted by atomic mass is 19.1. The van der Waals surface area contributed by atoms with Gasteiger partial charge in [-0.3, -0.25) is 10.2 Å². The summed E-state index contributed by atoms with van der Waals surface area (Å²) in [4.78, 5) is 2.36. The first-order valence-electron chi connectivity index (χ1n) is 10.3. The van der Waals surface area contributed by atoms with Gasteiger partial charge >= 0.3 is 0 Å². The maximum Gasteiger partial charge on any atom is 0.168 e. The Morgan fingerprint density at radius 2 is 1.92 bits per heavy atom. The van der Waals surface area contributed by atoms with Crippen LogP contribution in [-0.4, -0.2) is 65.0 Å². The van der Waals surface area contributed by atoms with Crippen LogP contribution in [0.3, 0.4) is 0 Å². The largest absolute Gasteiger partial charge is 0.367 e. The van der Waals surface area contributed by atoms with Gasteiger partial charge in [0.15, 0.2) is 6.29 Å². The van der Waals surface area contributed by atoms with E-state index in [0.717, 1.165) is 32.2 Å². The molecular formula is C19H34FN3O2. The highest BCUT2D eigenvalue weighted by molar-refractivity contribution is 5.04. The molecule has 3 heterocycles. The van der Waals surface area contributed by atoms with Gasteiger partial charge in [0.25, 0.3) is 0 Å². The number of aliphatic hydroxyl groups excluding tert-OH is 1. The summed E-state index contributed by atoms with van der Waals surface area (Å²) in [6.45, 7) is 3.78. The monoisotopic (exact) mass is 355 g/mol. The molecule has 1 saturated carbocycles. The van der Waals surface area contributed by atoms with Crippen molar-refractivity contribution in [3.63, 3.8) is 0 Å². The van der Waals surface area contributed by atoms with Gasteiger partial charge in [-0.25, -0.2) is 4.39 Å². The Balaban J connectivity index is 1.51. The zero-order valence-corrected chi connectivity index (χ0v) is 15.3. The van der Waals surface area contributed by atoms with Gasteiger partial charge in [0.2, 0.25) is 0 Å². The number of nitrogens with one attached hydrogen (secondary N) is 2. The van der Waals surface area contributed by atoms with Gasteiger partial charge in [-0.05, 0) is 69.2 Å². The van der Waals surface area contributed by atoms with E-state index in [2.05, 4.69) is 22.5 Å². The molecule has 0 aromatic carbocycles. The summed E-state index contributed by atoms with van der Waals surface area (Å²) in [6, 6.07) is 0.660. The molecule has 25 heavy (non-hydrogen) atoms. The second kappa shape index (κ2) is 7.39. The average molecular weight is 355 g/mol. The minimum atomic E-state index is -1.28. The first-order chi connectivity index (χ1) is 12.1. The van der Waals surface area contributed by atoms with Crippen LogP contribution in [0.15, 0.2) is 0 Å². The van der Waals surface area contributed by atoms with Gasteiger partial charge in [0.1, 0.15) is 6.17 Å². The van der Waals surface area contributed by atoms with Crippen LogP contribution < -0.4 is 10.6 Å². The van der Waals surface area contributed by atoms with Gasteiger partial charge in [0.05, 0.1) is 12.2 Å². The van der Waals surface area contributed by atoms with E-state index in [9.17, 15) is 14.6 Å². The van der Waals surface area contributed by atoms with E-state index in [-0.39, 0.29) is 12.0 Å². The topological polar surface area (TPSA) is 67.8 Å². The van der Waals surface area contributed by atoms with E-state index < -0.39 is 12.5 Å². The van der Waals surface area contributed by atoms with E-state index >= 15 is 0 Å². The number of alkyl halides is 1. The third-order valence-electron chi connectivity index (χ3n) is 7.43. The highest BCUT2D eigenvalue weighted by Crippen LogP contribution is 2.42. The van der Waals surface area contributed by atoms with Crippen molar-refractivity contribution in [1.82, 2.24) is 15.5 Å². The number of halogens is 1. The van der Waals surface area contributed by atoms with E-state index in [1.165, 1.54) is 12.8 Å². The summed E-state index contributed by atoms with van der Waals surface area (Å²) in [5.41, 5.74) is 0. The standard InChI is InChI=1S/C19H34FN3O2/c1-11-9-12(4-5-14(11)20)18-13(3-2-8-21-18)15-6-7-17-22-10-16(19(24)25)23(15)17/h11-19,21-22,24-25H,2-10H2,1H3. The third-order valence-corrected chi connectivity index (χ3v) is 7.43. The summed E-state index contributed by atoms with van der Waals surface area (Å²) in [5.74, 6) is 1.26. The Hall–Kier alpha value is -0.270. The zero-order valence-electron chi connectivity index (χ0n) is 15.3. The first-order valence-corrected chi connectivity index (χ1v) is 10.3. The number of aliphatic hydroxyl groups is 2. The molecule has 8 atom stereocenters. The minimum absolute atomic E-state index is 0.167. The molecule has 0 aromatic heterocycles. The molecule has 0 bridgehead atoms. The van der Waals surface area contributed by atoms with E-state index in [4.69, 9.17) is 0 Å². The molecule has 0 radical (unpaired) electrons. The Labute approximate surface area is 150 Å². The summed E-state index contributed by atoms with van der Waals surface area (Å²) < 4.78 is 13.9. The lowest BCUT2D eigenvalue weighted by atomic mass is 9.70. The third kappa shape index (κ3) is 3.36. The summed E-state index contributed by atoms with van der Waals surface area (Å²) in [7, 11) is 0. The minimum Gasteiger partial charge on any atom is -0.367 e. The van der Waals surface area contributed by atoms with E-state index in [0.29, 0.717) is 43.1 Å². The predicted octanol–water partition coefficient (Wildman–Crippen LogP) is 1.20. The van der Waals surface area contributed by atoms with Crippen molar-refractivity contribution in [1.29, 1.82) is 0 Å². The molecular weight excluding hydrogens is 321 g/mol. The molecule has 4 aliphatic rings. The van der Waals surface area contributed by atoms with Crippen molar-refractivity contribution in [2.45, 2.75) is 88.6 Å². The molecule has 8 unspecified atom stereocenters. The summed E-state index contributed by atoms with van der Waals surface area (Å²) in [6.07, 6.45) is 5.64. The quantitative estimate of drug-likeness (QED) is 0.573. The fourth-order valence-corrected chi connectivity index (χ4v) is 6.21. The lowest BCUT2D eigenvalue weighted by Crippen LogP contribution is -2.57. The maximum absolute atomic E-state index is 13.9. The fraction of sp³-hybridized carbons (Fsp3) is 1.00. The van der Waals surface area contributed by atoms with Crippen molar-refractivity contribution < 1.29 is 14.6 Å². The van der Waals surface area contributed by atoms with Crippen molar-refractivity contribution in [3.05, 3.63) is 0 Å². The van der Waals surface area contributed by atoms with Crippen molar-refractivity contribution in [2.24, 2.45) is 17.8 Å². The average Bonchev–Trinajstić information content (AvgIpc) is 3.19. The molecule has 4 N–H and O–H groups in total. The smallest absolute Gasteiger partial charge is 0.168 e. The molecule has 4 rings (SSSR count). The zero-order chi connectivity index (χ0) is 17.6. The molecule has 144 valence electrons. The summed E-state index contributed by atoms with van der Waals surface area (Å²) in [5, 5.41) is 26.9. The Morgan fingerprint density at radius 3 is 2.68 bits per heavy atom. The van der Waals surface area contributed by atoms with Gasteiger partial charge in [-0.1, -0.05) is 6.92 Å². The van der Waals surface area contributed by atoms with Crippen LogP contribution in [-0.2, 0) is 0 Å².